The van der Waals surface area contributed by atoms with Gasteiger partial charge in [-0.15, -0.1) is 0 Å². The van der Waals surface area contributed by atoms with Gasteiger partial charge in [0, 0.05) is 26.4 Å². The first-order chi connectivity index (χ1) is 15.7. The van der Waals surface area contributed by atoms with Crippen LogP contribution in [0.15, 0.2) is 48.5 Å². The van der Waals surface area contributed by atoms with Crippen LogP contribution >= 0.6 is 0 Å². The minimum atomic E-state index is 0.451. The van der Waals surface area contributed by atoms with E-state index in [1.54, 1.807) is 0 Å². The normalized spacial score (nSPS) is 22.1. The SMILES string of the molecule is CC(CCOCc1ccc(-c2ccc(COCCC(C)C3CCO3)cc2)cc1)C1CCO1. The van der Waals surface area contributed by atoms with Gasteiger partial charge in [-0.05, 0) is 59.8 Å². The Bertz CT molecular complexity index is 724. The van der Waals surface area contributed by atoms with E-state index in [0.29, 0.717) is 37.3 Å². The number of rotatable bonds is 13. The summed E-state index contributed by atoms with van der Waals surface area (Å²) in [6.07, 6.45) is 5.43. The maximum absolute atomic E-state index is 5.88. The highest BCUT2D eigenvalue weighted by atomic mass is 16.5. The largest absolute Gasteiger partial charge is 0.378 e. The maximum Gasteiger partial charge on any atom is 0.0716 e. The van der Waals surface area contributed by atoms with E-state index in [-0.39, 0.29) is 0 Å². The van der Waals surface area contributed by atoms with Gasteiger partial charge in [0.2, 0.25) is 0 Å². The predicted molar refractivity (Wildman–Crippen MR) is 127 cm³/mol. The Hall–Kier alpha value is -1.72. The molecule has 0 spiro atoms. The van der Waals surface area contributed by atoms with E-state index in [4.69, 9.17) is 18.9 Å². The summed E-state index contributed by atoms with van der Waals surface area (Å²) in [6.45, 7) is 9.28. The van der Waals surface area contributed by atoms with E-state index >= 15 is 0 Å². The first-order valence-electron chi connectivity index (χ1n) is 12.3. The molecule has 2 aromatic rings. The molecule has 0 aromatic heterocycles. The molecule has 0 radical (unpaired) electrons. The Kier molecular flexibility index (Phi) is 8.75. The lowest BCUT2D eigenvalue weighted by atomic mass is 9.96. The van der Waals surface area contributed by atoms with Crippen LogP contribution in [-0.2, 0) is 32.2 Å². The Morgan fingerprint density at radius 3 is 1.38 bits per heavy atom. The molecule has 4 heteroatoms. The summed E-state index contributed by atoms with van der Waals surface area (Å²) >= 11 is 0. The van der Waals surface area contributed by atoms with E-state index in [9.17, 15) is 0 Å². The smallest absolute Gasteiger partial charge is 0.0716 e. The van der Waals surface area contributed by atoms with Crippen LogP contribution in [0, 0.1) is 11.8 Å². The molecule has 0 bridgehead atoms. The molecule has 2 saturated heterocycles. The van der Waals surface area contributed by atoms with Gasteiger partial charge in [-0.1, -0.05) is 62.4 Å². The van der Waals surface area contributed by atoms with Gasteiger partial charge in [0.25, 0.3) is 0 Å². The monoisotopic (exact) mass is 438 g/mol. The van der Waals surface area contributed by atoms with Crippen molar-refractivity contribution < 1.29 is 18.9 Å². The second-order valence-corrected chi connectivity index (χ2v) is 9.43. The average Bonchev–Trinajstić information content (AvgIpc) is 2.73. The summed E-state index contributed by atoms with van der Waals surface area (Å²) in [5.41, 5.74) is 4.89. The molecule has 2 heterocycles. The highest BCUT2D eigenvalue weighted by Crippen LogP contribution is 2.24. The summed E-state index contributed by atoms with van der Waals surface area (Å²) in [6, 6.07) is 17.4. The first kappa shape index (κ1) is 23.4. The lowest BCUT2D eigenvalue weighted by molar-refractivity contribution is -0.0864. The molecule has 32 heavy (non-hydrogen) atoms. The number of benzene rings is 2. The molecule has 2 fully saturated rings. The minimum Gasteiger partial charge on any atom is -0.378 e. The van der Waals surface area contributed by atoms with Crippen LogP contribution in [0.4, 0.5) is 0 Å². The van der Waals surface area contributed by atoms with E-state index in [1.165, 1.54) is 35.1 Å². The molecule has 174 valence electrons. The Balaban J connectivity index is 1.15. The first-order valence-corrected chi connectivity index (χ1v) is 12.3. The fraction of sp³-hybridized carbons (Fsp3) is 0.571. The van der Waals surface area contributed by atoms with E-state index in [0.717, 1.165) is 39.3 Å². The third-order valence-corrected chi connectivity index (χ3v) is 6.95. The van der Waals surface area contributed by atoms with Gasteiger partial charge in [0.15, 0.2) is 0 Å². The molecule has 4 unspecified atom stereocenters. The quantitative estimate of drug-likeness (QED) is 0.359. The topological polar surface area (TPSA) is 36.9 Å². The molecular formula is C28H38O4. The molecule has 2 aliphatic heterocycles. The van der Waals surface area contributed by atoms with Gasteiger partial charge in [0.1, 0.15) is 0 Å². The zero-order chi connectivity index (χ0) is 22.2. The van der Waals surface area contributed by atoms with Gasteiger partial charge in [-0.3, -0.25) is 0 Å². The highest BCUT2D eigenvalue weighted by molar-refractivity contribution is 5.63. The highest BCUT2D eigenvalue weighted by Gasteiger charge is 2.25. The van der Waals surface area contributed by atoms with Crippen LogP contribution in [0.3, 0.4) is 0 Å². The molecule has 0 N–H and O–H groups in total. The Morgan fingerprint density at radius 1 is 0.688 bits per heavy atom. The van der Waals surface area contributed by atoms with Gasteiger partial charge < -0.3 is 18.9 Å². The molecule has 0 saturated carbocycles. The predicted octanol–water partition coefficient (Wildman–Crippen LogP) is 6.02. The van der Waals surface area contributed by atoms with Crippen molar-refractivity contribution in [2.24, 2.45) is 11.8 Å². The summed E-state index contributed by atoms with van der Waals surface area (Å²) in [5.74, 6) is 1.18. The molecule has 4 nitrogen and oxygen atoms in total. The molecule has 0 aliphatic carbocycles. The molecule has 2 aromatic carbocycles. The summed E-state index contributed by atoms with van der Waals surface area (Å²) < 4.78 is 22.9. The van der Waals surface area contributed by atoms with Gasteiger partial charge in [-0.2, -0.15) is 0 Å². The van der Waals surface area contributed by atoms with Crippen molar-refractivity contribution in [2.45, 2.75) is 65.0 Å². The summed E-state index contributed by atoms with van der Waals surface area (Å²) in [7, 11) is 0. The van der Waals surface area contributed by atoms with Gasteiger partial charge >= 0.3 is 0 Å². The molecular weight excluding hydrogens is 400 g/mol. The zero-order valence-electron chi connectivity index (χ0n) is 19.6. The van der Waals surface area contributed by atoms with Crippen LogP contribution in [0.1, 0.15) is 50.7 Å². The minimum absolute atomic E-state index is 0.451. The lowest BCUT2D eigenvalue weighted by Crippen LogP contribution is -2.33. The Morgan fingerprint density at radius 2 is 1.06 bits per heavy atom. The number of hydrogen-bond acceptors (Lipinski definition) is 4. The maximum atomic E-state index is 5.88. The second-order valence-electron chi connectivity index (χ2n) is 9.43. The fourth-order valence-electron chi connectivity index (χ4n) is 4.28. The molecule has 4 atom stereocenters. The van der Waals surface area contributed by atoms with Crippen molar-refractivity contribution in [2.75, 3.05) is 26.4 Å². The summed E-state index contributed by atoms with van der Waals surface area (Å²) in [4.78, 5) is 0. The van der Waals surface area contributed by atoms with E-state index in [1.807, 2.05) is 0 Å². The molecule has 4 rings (SSSR count). The van der Waals surface area contributed by atoms with Gasteiger partial charge in [-0.25, -0.2) is 0 Å². The van der Waals surface area contributed by atoms with Crippen LogP contribution in [-0.4, -0.2) is 38.6 Å². The van der Waals surface area contributed by atoms with Crippen molar-refractivity contribution in [3.8, 4) is 11.1 Å². The van der Waals surface area contributed by atoms with Crippen molar-refractivity contribution >= 4 is 0 Å². The summed E-state index contributed by atoms with van der Waals surface area (Å²) in [5, 5.41) is 0. The standard InChI is InChI=1S/C28H38O4/c1-21(27-13-17-31-27)11-15-29-19-23-3-7-25(8-4-23)26-9-5-24(6-10-26)20-30-16-12-22(2)28-14-18-32-28/h3-10,21-22,27-28H,11-20H2,1-2H3. The van der Waals surface area contributed by atoms with Crippen molar-refractivity contribution in [1.29, 1.82) is 0 Å². The van der Waals surface area contributed by atoms with Crippen molar-refractivity contribution in [3.63, 3.8) is 0 Å². The average molecular weight is 439 g/mol. The second kappa shape index (κ2) is 11.9. The lowest BCUT2D eigenvalue weighted by Gasteiger charge is -2.31. The van der Waals surface area contributed by atoms with Gasteiger partial charge in [0.05, 0.1) is 25.4 Å². The van der Waals surface area contributed by atoms with Crippen LogP contribution in [0.2, 0.25) is 0 Å². The van der Waals surface area contributed by atoms with E-state index in [2.05, 4.69) is 62.4 Å². The van der Waals surface area contributed by atoms with Crippen LogP contribution < -0.4 is 0 Å². The third kappa shape index (κ3) is 6.64. The number of ether oxygens (including phenoxy) is 4. The van der Waals surface area contributed by atoms with Crippen LogP contribution in [0.25, 0.3) is 11.1 Å². The Labute approximate surface area is 193 Å². The van der Waals surface area contributed by atoms with Crippen molar-refractivity contribution in [1.82, 2.24) is 0 Å². The molecule has 2 aliphatic rings. The van der Waals surface area contributed by atoms with Crippen LogP contribution in [0.5, 0.6) is 0 Å². The van der Waals surface area contributed by atoms with E-state index < -0.39 is 0 Å². The third-order valence-electron chi connectivity index (χ3n) is 6.95. The number of hydrogen-bond donors (Lipinski definition) is 0. The fourth-order valence-corrected chi connectivity index (χ4v) is 4.28. The van der Waals surface area contributed by atoms with Crippen molar-refractivity contribution in [3.05, 3.63) is 59.7 Å². The molecule has 0 amide bonds. The zero-order valence-corrected chi connectivity index (χ0v) is 19.6.